The van der Waals surface area contributed by atoms with Gasteiger partial charge < -0.3 is 15.8 Å². The number of primary amides is 1. The SMILES string of the molecule is C[C@@H](CCNC(=O)C1CCOCC1)CC(N)=O. The third kappa shape index (κ3) is 5.68. The predicted octanol–water partition coefficient (Wildman–Crippen LogP) is 0.431. The van der Waals surface area contributed by atoms with Crippen molar-refractivity contribution in [3.63, 3.8) is 0 Å². The van der Waals surface area contributed by atoms with E-state index in [-0.39, 0.29) is 23.7 Å². The normalized spacial score (nSPS) is 18.6. The maximum absolute atomic E-state index is 11.7. The summed E-state index contributed by atoms with van der Waals surface area (Å²) in [5.41, 5.74) is 5.10. The molecule has 1 atom stereocenters. The largest absolute Gasteiger partial charge is 0.381 e. The zero-order valence-electron chi connectivity index (χ0n) is 10.4. The number of rotatable bonds is 6. The highest BCUT2D eigenvalue weighted by Gasteiger charge is 2.21. The molecule has 5 heteroatoms. The van der Waals surface area contributed by atoms with E-state index in [1.54, 1.807) is 0 Å². The van der Waals surface area contributed by atoms with Gasteiger partial charge in [-0.15, -0.1) is 0 Å². The van der Waals surface area contributed by atoms with Crippen molar-refractivity contribution in [1.29, 1.82) is 0 Å². The van der Waals surface area contributed by atoms with Crippen molar-refractivity contribution in [2.24, 2.45) is 17.6 Å². The second-order valence-electron chi connectivity index (χ2n) is 4.74. The first-order valence-corrected chi connectivity index (χ1v) is 6.23. The van der Waals surface area contributed by atoms with E-state index in [1.165, 1.54) is 0 Å². The van der Waals surface area contributed by atoms with E-state index in [2.05, 4.69) is 5.32 Å². The minimum atomic E-state index is -0.284. The minimum absolute atomic E-state index is 0.0928. The fourth-order valence-electron chi connectivity index (χ4n) is 1.99. The van der Waals surface area contributed by atoms with Crippen molar-refractivity contribution in [2.45, 2.75) is 32.6 Å². The number of ether oxygens (including phenoxy) is 1. The highest BCUT2D eigenvalue weighted by atomic mass is 16.5. The molecule has 5 nitrogen and oxygen atoms in total. The average Bonchev–Trinajstić information content (AvgIpc) is 2.29. The van der Waals surface area contributed by atoms with Gasteiger partial charge in [-0.2, -0.15) is 0 Å². The van der Waals surface area contributed by atoms with Crippen molar-refractivity contribution in [3.05, 3.63) is 0 Å². The van der Waals surface area contributed by atoms with Crippen LogP contribution >= 0.6 is 0 Å². The summed E-state index contributed by atoms with van der Waals surface area (Å²) < 4.78 is 5.20. The Morgan fingerprint density at radius 1 is 1.41 bits per heavy atom. The number of carbonyl (C=O) groups is 2. The molecule has 1 aliphatic heterocycles. The van der Waals surface area contributed by atoms with Crippen LogP contribution in [0.15, 0.2) is 0 Å². The number of carbonyl (C=O) groups excluding carboxylic acids is 2. The molecule has 0 saturated carbocycles. The van der Waals surface area contributed by atoms with Crippen LogP contribution in [-0.2, 0) is 14.3 Å². The monoisotopic (exact) mass is 242 g/mol. The number of hydrogen-bond acceptors (Lipinski definition) is 3. The Bertz CT molecular complexity index is 262. The topological polar surface area (TPSA) is 81.4 Å². The third-order valence-electron chi connectivity index (χ3n) is 3.08. The second kappa shape index (κ2) is 7.27. The Kier molecular flexibility index (Phi) is 5.97. The fourth-order valence-corrected chi connectivity index (χ4v) is 1.99. The summed E-state index contributed by atoms with van der Waals surface area (Å²) in [6, 6.07) is 0. The highest BCUT2D eigenvalue weighted by Crippen LogP contribution is 2.14. The molecule has 0 aliphatic carbocycles. The molecule has 0 spiro atoms. The van der Waals surface area contributed by atoms with Gasteiger partial charge in [-0.1, -0.05) is 6.92 Å². The molecule has 0 aromatic heterocycles. The maximum Gasteiger partial charge on any atom is 0.223 e. The second-order valence-corrected chi connectivity index (χ2v) is 4.74. The Balaban J connectivity index is 2.12. The highest BCUT2D eigenvalue weighted by molar-refractivity contribution is 5.78. The average molecular weight is 242 g/mol. The number of hydrogen-bond donors (Lipinski definition) is 2. The molecular formula is C12H22N2O3. The molecule has 1 aliphatic rings. The van der Waals surface area contributed by atoms with E-state index in [0.29, 0.717) is 26.2 Å². The van der Waals surface area contributed by atoms with Gasteiger partial charge in [-0.25, -0.2) is 0 Å². The minimum Gasteiger partial charge on any atom is -0.381 e. The maximum atomic E-state index is 11.7. The zero-order valence-corrected chi connectivity index (χ0v) is 10.4. The standard InChI is InChI=1S/C12H22N2O3/c1-9(8-11(13)15)2-5-14-12(16)10-3-6-17-7-4-10/h9-10H,2-8H2,1H3,(H2,13,15)(H,14,16)/t9-/m0/s1. The molecule has 0 aromatic rings. The molecule has 98 valence electrons. The smallest absolute Gasteiger partial charge is 0.223 e. The van der Waals surface area contributed by atoms with Gasteiger partial charge >= 0.3 is 0 Å². The molecule has 0 unspecified atom stereocenters. The first kappa shape index (κ1) is 14.0. The molecular weight excluding hydrogens is 220 g/mol. The third-order valence-corrected chi connectivity index (χ3v) is 3.08. The predicted molar refractivity (Wildman–Crippen MR) is 64.1 cm³/mol. The Morgan fingerprint density at radius 2 is 2.06 bits per heavy atom. The summed E-state index contributed by atoms with van der Waals surface area (Å²) >= 11 is 0. The van der Waals surface area contributed by atoms with Crippen LogP contribution < -0.4 is 11.1 Å². The molecule has 2 amide bonds. The molecule has 1 saturated heterocycles. The summed E-state index contributed by atoms with van der Waals surface area (Å²) in [4.78, 5) is 22.4. The van der Waals surface area contributed by atoms with Crippen LogP contribution in [0, 0.1) is 11.8 Å². The summed E-state index contributed by atoms with van der Waals surface area (Å²) in [5.74, 6) is 0.144. The van der Waals surface area contributed by atoms with Crippen LogP contribution in [0.5, 0.6) is 0 Å². The van der Waals surface area contributed by atoms with E-state index in [4.69, 9.17) is 10.5 Å². The molecule has 1 rings (SSSR count). The molecule has 1 heterocycles. The van der Waals surface area contributed by atoms with Crippen LogP contribution in [0.25, 0.3) is 0 Å². The van der Waals surface area contributed by atoms with Crippen LogP contribution in [0.2, 0.25) is 0 Å². The van der Waals surface area contributed by atoms with E-state index in [9.17, 15) is 9.59 Å². The van der Waals surface area contributed by atoms with Gasteiger partial charge in [-0.05, 0) is 25.2 Å². The van der Waals surface area contributed by atoms with Gasteiger partial charge in [0.2, 0.25) is 11.8 Å². The first-order chi connectivity index (χ1) is 8.09. The van der Waals surface area contributed by atoms with Gasteiger partial charge in [0.15, 0.2) is 0 Å². The number of nitrogens with two attached hydrogens (primary N) is 1. The lowest BCUT2D eigenvalue weighted by molar-refractivity contribution is -0.127. The van der Waals surface area contributed by atoms with Gasteiger partial charge in [0.25, 0.3) is 0 Å². The van der Waals surface area contributed by atoms with Gasteiger partial charge in [-0.3, -0.25) is 9.59 Å². The van der Waals surface area contributed by atoms with Gasteiger partial charge in [0.05, 0.1) is 0 Å². The lowest BCUT2D eigenvalue weighted by Crippen LogP contribution is -2.35. The van der Waals surface area contributed by atoms with Gasteiger partial charge in [0, 0.05) is 32.1 Å². The van der Waals surface area contributed by atoms with Crippen LogP contribution in [-0.4, -0.2) is 31.6 Å². The van der Waals surface area contributed by atoms with E-state index < -0.39 is 0 Å². The molecule has 0 bridgehead atoms. The van der Waals surface area contributed by atoms with E-state index in [1.807, 2.05) is 6.92 Å². The number of amides is 2. The summed E-state index contributed by atoms with van der Waals surface area (Å²) in [5, 5.41) is 2.91. The quantitative estimate of drug-likeness (QED) is 0.708. The molecule has 1 fully saturated rings. The van der Waals surface area contributed by atoms with Crippen molar-refractivity contribution in [3.8, 4) is 0 Å². The van der Waals surface area contributed by atoms with Crippen LogP contribution in [0.4, 0.5) is 0 Å². The Morgan fingerprint density at radius 3 is 2.65 bits per heavy atom. The van der Waals surface area contributed by atoms with Crippen molar-refractivity contribution >= 4 is 11.8 Å². The lowest BCUT2D eigenvalue weighted by atomic mass is 9.99. The van der Waals surface area contributed by atoms with Crippen LogP contribution in [0.1, 0.15) is 32.6 Å². The van der Waals surface area contributed by atoms with Crippen molar-refractivity contribution in [2.75, 3.05) is 19.8 Å². The molecule has 3 N–H and O–H groups in total. The molecule has 0 radical (unpaired) electrons. The molecule has 0 aromatic carbocycles. The van der Waals surface area contributed by atoms with Crippen molar-refractivity contribution < 1.29 is 14.3 Å². The summed E-state index contributed by atoms with van der Waals surface area (Å²) in [6.07, 6.45) is 2.79. The Labute approximate surface area is 102 Å². The lowest BCUT2D eigenvalue weighted by Gasteiger charge is -2.21. The number of nitrogens with one attached hydrogen (secondary N) is 1. The Hall–Kier alpha value is -1.10. The van der Waals surface area contributed by atoms with E-state index in [0.717, 1.165) is 19.3 Å². The van der Waals surface area contributed by atoms with Crippen LogP contribution in [0.3, 0.4) is 0 Å². The molecule has 17 heavy (non-hydrogen) atoms. The first-order valence-electron chi connectivity index (χ1n) is 6.23. The van der Waals surface area contributed by atoms with Crippen molar-refractivity contribution in [1.82, 2.24) is 5.32 Å². The summed E-state index contributed by atoms with van der Waals surface area (Å²) in [7, 11) is 0. The zero-order chi connectivity index (χ0) is 12.7. The fraction of sp³-hybridized carbons (Fsp3) is 0.833. The summed E-state index contributed by atoms with van der Waals surface area (Å²) in [6.45, 7) is 3.93. The van der Waals surface area contributed by atoms with Gasteiger partial charge in [0.1, 0.15) is 0 Å². The van der Waals surface area contributed by atoms with E-state index >= 15 is 0 Å².